The topological polar surface area (TPSA) is 112 Å². The molecule has 1 amide bonds. The number of ether oxygens (including phenoxy) is 3. The van der Waals surface area contributed by atoms with E-state index in [1.54, 1.807) is 53.7 Å². The lowest BCUT2D eigenvalue weighted by Crippen LogP contribution is -2.49. The molecule has 0 bridgehead atoms. The number of piperidine rings is 1. The summed E-state index contributed by atoms with van der Waals surface area (Å²) in [5.41, 5.74) is -0.702. The predicted molar refractivity (Wildman–Crippen MR) is 187 cm³/mol. The van der Waals surface area contributed by atoms with E-state index in [2.05, 4.69) is 17.2 Å². The van der Waals surface area contributed by atoms with Crippen LogP contribution in [0.3, 0.4) is 0 Å². The summed E-state index contributed by atoms with van der Waals surface area (Å²) in [5, 5.41) is 4.81. The highest BCUT2D eigenvalue weighted by Gasteiger charge is 2.35. The molecule has 4 rings (SSSR count). The third-order valence-corrected chi connectivity index (χ3v) is 7.91. The molecule has 1 fully saturated rings. The maximum absolute atomic E-state index is 15.4. The molecule has 1 aromatic heterocycles. The van der Waals surface area contributed by atoms with Crippen LogP contribution in [0.25, 0.3) is 10.9 Å². The van der Waals surface area contributed by atoms with Crippen molar-refractivity contribution in [3.05, 3.63) is 53.7 Å². The van der Waals surface area contributed by atoms with Gasteiger partial charge in [0.1, 0.15) is 24.1 Å². The van der Waals surface area contributed by atoms with Crippen molar-refractivity contribution in [3.8, 4) is 17.6 Å². The normalized spacial score (nSPS) is 16.8. The minimum atomic E-state index is -4.61. The molecule has 11 nitrogen and oxygen atoms in total. The van der Waals surface area contributed by atoms with Gasteiger partial charge in [-0.05, 0) is 90.3 Å². The van der Waals surface area contributed by atoms with Gasteiger partial charge in [-0.15, -0.1) is 5.06 Å². The summed E-state index contributed by atoms with van der Waals surface area (Å²) in [6.45, 7) is 8.49. The van der Waals surface area contributed by atoms with Crippen LogP contribution in [0, 0.1) is 17.3 Å². The number of esters is 1. The molecule has 0 saturated carbocycles. The summed E-state index contributed by atoms with van der Waals surface area (Å²) in [7, 11) is 2.56. The Hall–Kier alpha value is -4.97. The van der Waals surface area contributed by atoms with E-state index >= 15 is 4.39 Å². The molecule has 0 unspecified atom stereocenters. The number of amides is 1. The zero-order chi connectivity index (χ0) is 38.6. The maximum atomic E-state index is 15.4. The highest BCUT2D eigenvalue weighted by atomic mass is 19.4. The van der Waals surface area contributed by atoms with Crippen LogP contribution in [0.15, 0.2) is 42.5 Å². The molecule has 2 heterocycles. The van der Waals surface area contributed by atoms with Crippen molar-refractivity contribution in [1.82, 2.24) is 9.63 Å². The Balaban J connectivity index is 1.67. The number of halogens is 4. The summed E-state index contributed by atoms with van der Waals surface area (Å²) in [6, 6.07) is 9.75. The first-order valence-corrected chi connectivity index (χ1v) is 16.5. The SMILES string of the molecule is COC(=O)c1ccc(N(CC#Cc2cc3c(N[C@@H]4CCN(OC(=O)C(C)(C)C)C[C@@H]4F)cccc3n2CC(F)(F)F)C(=O)OC(C)(C)C)c(OC)c1. The second-order valence-corrected chi connectivity index (χ2v) is 14.3. The fourth-order valence-electron chi connectivity index (χ4n) is 5.36. The number of hydrogen-bond donors (Lipinski definition) is 1. The minimum Gasteiger partial charge on any atom is -0.495 e. The molecule has 1 N–H and O–H groups in total. The van der Waals surface area contributed by atoms with E-state index < -0.39 is 54.0 Å². The van der Waals surface area contributed by atoms with Crippen molar-refractivity contribution < 1.29 is 51.0 Å². The molecule has 0 aliphatic carbocycles. The Kier molecular flexibility index (Phi) is 12.0. The monoisotopic (exact) mass is 732 g/mol. The number of hydrogen-bond acceptors (Lipinski definition) is 9. The van der Waals surface area contributed by atoms with Crippen LogP contribution in [-0.2, 0) is 25.7 Å². The molecule has 3 aromatic rings. The highest BCUT2D eigenvalue weighted by Crippen LogP contribution is 2.33. The van der Waals surface area contributed by atoms with Gasteiger partial charge in [0.25, 0.3) is 0 Å². The van der Waals surface area contributed by atoms with E-state index in [0.29, 0.717) is 11.1 Å². The quantitative estimate of drug-likeness (QED) is 0.147. The standard InChI is InChI=1S/C37H44F4N4O7/c1-35(2,3)33(47)52-43-18-16-28(26(38)21-43)42-27-12-9-13-29-25(27)20-24(45(29)22-37(39,40)41)11-10-17-44(34(48)51-36(4,5)6)30-15-14-23(32(46)50-8)19-31(30)49-7/h9,12-15,19-20,26,28,42H,16-18,21-22H2,1-8H3/t26-,28+/m0/s1. The maximum Gasteiger partial charge on any atom is 0.415 e. The Bertz CT molecular complexity index is 1850. The van der Waals surface area contributed by atoms with Crippen molar-refractivity contribution >= 4 is 40.3 Å². The Morgan fingerprint density at radius 3 is 2.33 bits per heavy atom. The van der Waals surface area contributed by atoms with E-state index in [4.69, 9.17) is 19.0 Å². The zero-order valence-electron chi connectivity index (χ0n) is 30.4. The van der Waals surface area contributed by atoms with Crippen molar-refractivity contribution in [1.29, 1.82) is 0 Å². The molecule has 282 valence electrons. The molecule has 0 radical (unpaired) electrons. The zero-order valence-corrected chi connectivity index (χ0v) is 30.4. The summed E-state index contributed by atoms with van der Waals surface area (Å²) < 4.78 is 73.9. The summed E-state index contributed by atoms with van der Waals surface area (Å²) in [6.07, 6.45) is -6.61. The number of aromatic nitrogens is 1. The Morgan fingerprint density at radius 2 is 1.73 bits per heavy atom. The Morgan fingerprint density at radius 1 is 1.02 bits per heavy atom. The van der Waals surface area contributed by atoms with E-state index in [0.717, 1.165) is 9.47 Å². The van der Waals surface area contributed by atoms with Crippen molar-refractivity contribution in [2.45, 2.75) is 78.5 Å². The largest absolute Gasteiger partial charge is 0.495 e. The Labute approximate surface area is 300 Å². The number of methoxy groups -OCH3 is 2. The third-order valence-electron chi connectivity index (χ3n) is 7.91. The van der Waals surface area contributed by atoms with E-state index in [-0.39, 0.29) is 54.3 Å². The number of fused-ring (bicyclic) bond motifs is 1. The number of nitrogens with zero attached hydrogens (tertiary/aromatic N) is 3. The van der Waals surface area contributed by atoms with Crippen LogP contribution in [0.5, 0.6) is 5.75 Å². The lowest BCUT2D eigenvalue weighted by Gasteiger charge is -2.35. The number of nitrogens with one attached hydrogen (secondary N) is 1. The number of benzene rings is 2. The molecule has 1 aliphatic rings. The average molecular weight is 733 g/mol. The predicted octanol–water partition coefficient (Wildman–Crippen LogP) is 7.12. The second kappa shape index (κ2) is 15.7. The number of anilines is 2. The highest BCUT2D eigenvalue weighted by molar-refractivity contribution is 5.95. The molecule has 2 aromatic carbocycles. The van der Waals surface area contributed by atoms with Crippen LogP contribution in [-0.4, -0.2) is 85.5 Å². The minimum absolute atomic E-state index is 0.000529. The van der Waals surface area contributed by atoms with E-state index in [9.17, 15) is 27.6 Å². The van der Waals surface area contributed by atoms with Gasteiger partial charge < -0.3 is 28.9 Å². The van der Waals surface area contributed by atoms with E-state index in [1.807, 2.05) is 0 Å². The van der Waals surface area contributed by atoms with Gasteiger partial charge in [-0.3, -0.25) is 4.90 Å². The van der Waals surface area contributed by atoms with Crippen molar-refractivity contribution in [3.63, 3.8) is 0 Å². The van der Waals surface area contributed by atoms with Gasteiger partial charge in [-0.1, -0.05) is 12.0 Å². The fourth-order valence-corrected chi connectivity index (χ4v) is 5.36. The number of rotatable bonds is 8. The number of carbonyl (C=O) groups excluding carboxylic acids is 3. The summed E-state index contributed by atoms with van der Waals surface area (Å²) >= 11 is 0. The molecule has 0 spiro atoms. The second-order valence-electron chi connectivity index (χ2n) is 14.3. The van der Waals surface area contributed by atoms with Gasteiger partial charge in [0.15, 0.2) is 0 Å². The lowest BCUT2D eigenvalue weighted by molar-refractivity contribution is -0.208. The van der Waals surface area contributed by atoms with Crippen LogP contribution in [0.4, 0.5) is 33.7 Å². The third kappa shape index (κ3) is 10.1. The van der Waals surface area contributed by atoms with Gasteiger partial charge in [0.05, 0.1) is 61.2 Å². The molecule has 1 saturated heterocycles. The van der Waals surface area contributed by atoms with Gasteiger partial charge in [-0.25, -0.2) is 18.8 Å². The number of hydroxylamine groups is 2. The molecule has 15 heteroatoms. The first-order valence-electron chi connectivity index (χ1n) is 16.5. The number of carbonyl (C=O) groups is 3. The van der Waals surface area contributed by atoms with Crippen LogP contribution < -0.4 is 15.0 Å². The van der Waals surface area contributed by atoms with E-state index in [1.165, 1.54) is 49.6 Å². The lowest BCUT2D eigenvalue weighted by atomic mass is 9.97. The molecular weight excluding hydrogens is 688 g/mol. The van der Waals surface area contributed by atoms with Crippen LogP contribution >= 0.6 is 0 Å². The fraction of sp³-hybridized carbons (Fsp3) is 0.486. The summed E-state index contributed by atoms with van der Waals surface area (Å²) in [4.78, 5) is 44.3. The van der Waals surface area contributed by atoms with Crippen LogP contribution in [0.1, 0.15) is 64.0 Å². The molecule has 1 aliphatic heterocycles. The smallest absolute Gasteiger partial charge is 0.415 e. The van der Waals surface area contributed by atoms with Gasteiger partial charge in [0, 0.05) is 17.6 Å². The van der Waals surface area contributed by atoms with Crippen molar-refractivity contribution in [2.24, 2.45) is 5.41 Å². The molecule has 2 atom stereocenters. The first kappa shape index (κ1) is 39.8. The number of alkyl halides is 4. The van der Waals surface area contributed by atoms with Crippen LogP contribution in [0.2, 0.25) is 0 Å². The van der Waals surface area contributed by atoms with Crippen molar-refractivity contribution in [2.75, 3.05) is 44.1 Å². The van der Waals surface area contributed by atoms with Gasteiger partial charge >= 0.3 is 24.2 Å². The van der Waals surface area contributed by atoms with Gasteiger partial charge in [-0.2, -0.15) is 13.2 Å². The molecular formula is C37H44F4N4O7. The van der Waals surface area contributed by atoms with Gasteiger partial charge in [0.2, 0.25) is 0 Å². The first-order chi connectivity index (χ1) is 24.2. The molecule has 52 heavy (non-hydrogen) atoms. The average Bonchev–Trinajstić information content (AvgIpc) is 3.38. The summed E-state index contributed by atoms with van der Waals surface area (Å²) in [5.74, 6) is 4.60.